The van der Waals surface area contributed by atoms with E-state index in [0.717, 1.165) is 6.07 Å². The first kappa shape index (κ1) is 8.32. The Morgan fingerprint density at radius 2 is 1.58 bits per heavy atom. The molecule has 5 nitrogen and oxygen atoms in total. The van der Waals surface area contributed by atoms with Gasteiger partial charge in [-0.2, -0.15) is 0 Å². The van der Waals surface area contributed by atoms with Gasteiger partial charge in [0.05, 0.1) is 5.69 Å². The molecule has 0 saturated heterocycles. The van der Waals surface area contributed by atoms with Crippen LogP contribution in [0.2, 0.25) is 0 Å². The lowest BCUT2D eigenvalue weighted by atomic mass is 10.2. The number of anilines is 1. The number of benzene rings is 1. The van der Waals surface area contributed by atoms with Crippen molar-refractivity contribution in [3.05, 3.63) is 6.07 Å². The minimum Gasteiger partial charge on any atom is -0.504 e. The van der Waals surface area contributed by atoms with Crippen LogP contribution in [-0.2, 0) is 0 Å². The molecule has 0 amide bonds. The molecule has 0 aliphatic heterocycles. The van der Waals surface area contributed by atoms with Gasteiger partial charge in [0.1, 0.15) is 0 Å². The molecule has 0 saturated carbocycles. The van der Waals surface area contributed by atoms with E-state index in [-0.39, 0.29) is 5.69 Å². The standard InChI is InChI=1S/C7H9NO4/c1-8-3-2-4(9)6(11)7(12)5(3)10/h2,8-12H,1H3. The van der Waals surface area contributed by atoms with E-state index in [1.165, 1.54) is 7.05 Å². The van der Waals surface area contributed by atoms with Crippen LogP contribution >= 0.6 is 0 Å². The zero-order valence-electron chi connectivity index (χ0n) is 6.37. The van der Waals surface area contributed by atoms with Gasteiger partial charge in [-0.1, -0.05) is 0 Å². The summed E-state index contributed by atoms with van der Waals surface area (Å²) in [6.45, 7) is 0. The molecule has 0 radical (unpaired) electrons. The average Bonchev–Trinajstić information content (AvgIpc) is 2.08. The van der Waals surface area contributed by atoms with Gasteiger partial charge in [0.2, 0.25) is 11.5 Å². The highest BCUT2D eigenvalue weighted by molar-refractivity contribution is 5.70. The molecule has 66 valence electrons. The third-order valence-corrected chi connectivity index (χ3v) is 1.50. The summed E-state index contributed by atoms with van der Waals surface area (Å²) in [5.41, 5.74) is 0.141. The molecule has 1 aromatic rings. The van der Waals surface area contributed by atoms with E-state index in [0.29, 0.717) is 0 Å². The molecule has 0 atom stereocenters. The van der Waals surface area contributed by atoms with Crippen LogP contribution in [0.3, 0.4) is 0 Å². The summed E-state index contributed by atoms with van der Waals surface area (Å²) in [7, 11) is 1.50. The maximum Gasteiger partial charge on any atom is 0.206 e. The van der Waals surface area contributed by atoms with Crippen molar-refractivity contribution in [2.45, 2.75) is 0 Å². The Kier molecular flexibility index (Phi) is 1.86. The third-order valence-electron chi connectivity index (χ3n) is 1.50. The van der Waals surface area contributed by atoms with Crippen LogP contribution in [0.15, 0.2) is 6.07 Å². The molecule has 1 aromatic carbocycles. The number of hydrogen-bond acceptors (Lipinski definition) is 5. The molecule has 0 aromatic heterocycles. The van der Waals surface area contributed by atoms with Crippen molar-refractivity contribution in [1.82, 2.24) is 0 Å². The Bertz CT molecular complexity index is 311. The van der Waals surface area contributed by atoms with Gasteiger partial charge >= 0.3 is 0 Å². The van der Waals surface area contributed by atoms with Crippen LogP contribution in [0.25, 0.3) is 0 Å². The number of aromatic hydroxyl groups is 4. The van der Waals surface area contributed by atoms with Gasteiger partial charge in [-0.15, -0.1) is 0 Å². The zero-order valence-corrected chi connectivity index (χ0v) is 6.37. The summed E-state index contributed by atoms with van der Waals surface area (Å²) >= 11 is 0. The summed E-state index contributed by atoms with van der Waals surface area (Å²) in [6, 6.07) is 1.10. The molecule has 5 N–H and O–H groups in total. The second-order valence-electron chi connectivity index (χ2n) is 2.24. The van der Waals surface area contributed by atoms with E-state index in [2.05, 4.69) is 5.32 Å². The molecule has 5 heteroatoms. The SMILES string of the molecule is CNc1cc(O)c(O)c(O)c1O. The topological polar surface area (TPSA) is 93.0 Å². The molecule has 0 aliphatic rings. The fraction of sp³-hybridized carbons (Fsp3) is 0.143. The average molecular weight is 171 g/mol. The zero-order chi connectivity index (χ0) is 9.30. The lowest BCUT2D eigenvalue weighted by molar-refractivity contribution is 0.347. The highest BCUT2D eigenvalue weighted by Gasteiger charge is 2.14. The van der Waals surface area contributed by atoms with E-state index in [9.17, 15) is 0 Å². The number of hydrogen-bond donors (Lipinski definition) is 5. The van der Waals surface area contributed by atoms with Gasteiger partial charge in [0.15, 0.2) is 11.5 Å². The van der Waals surface area contributed by atoms with Gasteiger partial charge < -0.3 is 25.7 Å². The lowest BCUT2D eigenvalue weighted by Gasteiger charge is -2.07. The molecule has 0 aliphatic carbocycles. The maximum absolute atomic E-state index is 9.12. The summed E-state index contributed by atoms with van der Waals surface area (Å²) < 4.78 is 0. The van der Waals surface area contributed by atoms with Crippen molar-refractivity contribution in [3.8, 4) is 23.0 Å². The molecule has 0 unspecified atom stereocenters. The van der Waals surface area contributed by atoms with Crippen LogP contribution < -0.4 is 5.32 Å². The minimum absolute atomic E-state index is 0.141. The van der Waals surface area contributed by atoms with E-state index in [1.807, 2.05) is 0 Å². The van der Waals surface area contributed by atoms with Gasteiger partial charge in [-0.25, -0.2) is 0 Å². The highest BCUT2D eigenvalue weighted by Crippen LogP contribution is 2.46. The van der Waals surface area contributed by atoms with Gasteiger partial charge in [-0.3, -0.25) is 0 Å². The van der Waals surface area contributed by atoms with Crippen molar-refractivity contribution in [2.75, 3.05) is 12.4 Å². The van der Waals surface area contributed by atoms with Crippen LogP contribution in [0.1, 0.15) is 0 Å². The summed E-state index contributed by atoms with van der Waals surface area (Å²) in [6.07, 6.45) is 0. The number of phenols is 4. The largest absolute Gasteiger partial charge is 0.504 e. The molecule has 0 spiro atoms. The van der Waals surface area contributed by atoms with Crippen molar-refractivity contribution in [2.24, 2.45) is 0 Å². The smallest absolute Gasteiger partial charge is 0.206 e. The van der Waals surface area contributed by atoms with Crippen molar-refractivity contribution >= 4 is 5.69 Å². The number of nitrogens with one attached hydrogen (secondary N) is 1. The van der Waals surface area contributed by atoms with E-state index in [1.54, 1.807) is 0 Å². The predicted molar refractivity (Wildman–Crippen MR) is 42.6 cm³/mol. The van der Waals surface area contributed by atoms with E-state index < -0.39 is 23.0 Å². The Hall–Kier alpha value is -1.78. The van der Waals surface area contributed by atoms with Crippen LogP contribution in [0.5, 0.6) is 23.0 Å². The molecule has 1 rings (SSSR count). The molecule has 0 bridgehead atoms. The fourth-order valence-corrected chi connectivity index (χ4v) is 0.825. The lowest BCUT2D eigenvalue weighted by Crippen LogP contribution is -1.88. The number of rotatable bonds is 1. The van der Waals surface area contributed by atoms with E-state index >= 15 is 0 Å². The third kappa shape index (κ3) is 1.05. The van der Waals surface area contributed by atoms with Crippen LogP contribution in [0.4, 0.5) is 5.69 Å². The summed E-state index contributed by atoms with van der Waals surface area (Å²) in [5.74, 6) is -2.45. The summed E-state index contributed by atoms with van der Waals surface area (Å²) in [5, 5.41) is 38.5. The Labute approximate surface area is 68.5 Å². The maximum atomic E-state index is 9.12. The van der Waals surface area contributed by atoms with E-state index in [4.69, 9.17) is 20.4 Å². The molecule has 0 fully saturated rings. The van der Waals surface area contributed by atoms with Crippen LogP contribution in [0, 0.1) is 0 Å². The molecule has 12 heavy (non-hydrogen) atoms. The Balaban J connectivity index is 3.39. The molecular formula is C7H9NO4. The first-order chi connectivity index (χ1) is 5.57. The van der Waals surface area contributed by atoms with Gasteiger partial charge in [0, 0.05) is 13.1 Å². The minimum atomic E-state index is -0.737. The van der Waals surface area contributed by atoms with Crippen molar-refractivity contribution in [3.63, 3.8) is 0 Å². The first-order valence-corrected chi connectivity index (χ1v) is 3.22. The van der Waals surface area contributed by atoms with Crippen molar-refractivity contribution in [1.29, 1.82) is 0 Å². The highest BCUT2D eigenvalue weighted by atomic mass is 16.3. The Morgan fingerprint density at radius 3 is 2.08 bits per heavy atom. The second kappa shape index (κ2) is 2.69. The fourth-order valence-electron chi connectivity index (χ4n) is 0.825. The summed E-state index contributed by atoms with van der Waals surface area (Å²) in [4.78, 5) is 0. The molecule has 0 heterocycles. The van der Waals surface area contributed by atoms with Crippen molar-refractivity contribution < 1.29 is 20.4 Å². The quantitative estimate of drug-likeness (QED) is 0.314. The van der Waals surface area contributed by atoms with Crippen LogP contribution in [-0.4, -0.2) is 27.5 Å². The van der Waals surface area contributed by atoms with Gasteiger partial charge in [0.25, 0.3) is 0 Å². The predicted octanol–water partition coefficient (Wildman–Crippen LogP) is 0.551. The number of phenolic OH excluding ortho intramolecular Hbond substituents is 4. The monoisotopic (exact) mass is 171 g/mol. The van der Waals surface area contributed by atoms with Gasteiger partial charge in [-0.05, 0) is 0 Å². The first-order valence-electron chi connectivity index (χ1n) is 3.22. The second-order valence-corrected chi connectivity index (χ2v) is 2.24. The molecular weight excluding hydrogens is 162 g/mol. The Morgan fingerprint density at radius 1 is 1.00 bits per heavy atom. The normalized spacial score (nSPS) is 9.75.